The number of nitrogens with two attached hydrogens (primary N) is 1. The molecule has 0 saturated heterocycles. The van der Waals surface area contributed by atoms with E-state index in [0.717, 1.165) is 4.47 Å². The smallest absolute Gasteiger partial charge is 0.185 e. The summed E-state index contributed by atoms with van der Waals surface area (Å²) in [6.07, 6.45) is 1.65. The summed E-state index contributed by atoms with van der Waals surface area (Å²) in [7, 11) is 3.15. The van der Waals surface area contributed by atoms with Gasteiger partial charge in [0.2, 0.25) is 0 Å². The van der Waals surface area contributed by atoms with E-state index in [2.05, 4.69) is 20.9 Å². The van der Waals surface area contributed by atoms with Gasteiger partial charge in [0.1, 0.15) is 18.1 Å². The number of methoxy groups -OCH3 is 2. The highest BCUT2D eigenvalue weighted by Gasteiger charge is 2.12. The molecule has 0 radical (unpaired) electrons. The zero-order chi connectivity index (χ0) is 14.5. The van der Waals surface area contributed by atoms with Crippen molar-refractivity contribution in [2.45, 2.75) is 6.61 Å². The molecule has 2 rings (SSSR count). The first-order valence-corrected chi connectivity index (χ1v) is 6.68. The number of hydrogen-bond donors (Lipinski definition) is 1. The van der Waals surface area contributed by atoms with Crippen LogP contribution in [0.25, 0.3) is 0 Å². The summed E-state index contributed by atoms with van der Waals surface area (Å²) < 4.78 is 17.1. The predicted octanol–water partition coefficient (Wildman–Crippen LogP) is 3.02. The minimum Gasteiger partial charge on any atom is -0.493 e. The number of rotatable bonds is 5. The van der Waals surface area contributed by atoms with Crippen LogP contribution < -0.4 is 19.9 Å². The van der Waals surface area contributed by atoms with Gasteiger partial charge in [-0.3, -0.25) is 4.98 Å². The van der Waals surface area contributed by atoms with Crippen LogP contribution in [0.5, 0.6) is 17.2 Å². The fourth-order valence-electron chi connectivity index (χ4n) is 1.73. The monoisotopic (exact) mass is 338 g/mol. The van der Waals surface area contributed by atoms with Crippen LogP contribution in [0, 0.1) is 0 Å². The Hall–Kier alpha value is -1.95. The van der Waals surface area contributed by atoms with Gasteiger partial charge in [-0.1, -0.05) is 0 Å². The molecule has 20 heavy (non-hydrogen) atoms. The maximum absolute atomic E-state index is 5.74. The van der Waals surface area contributed by atoms with Gasteiger partial charge in [-0.15, -0.1) is 0 Å². The van der Waals surface area contributed by atoms with Gasteiger partial charge in [0.05, 0.1) is 18.7 Å². The standard InChI is InChI=1S/C14H15BrN2O3/c1-18-12-5-6-17-11(14(12)19-2)8-20-13-7-9(16)3-4-10(13)15/h3-7H,8,16H2,1-2H3. The molecule has 0 saturated carbocycles. The lowest BCUT2D eigenvalue weighted by atomic mass is 10.3. The zero-order valence-electron chi connectivity index (χ0n) is 11.2. The van der Waals surface area contributed by atoms with Crippen LogP contribution in [0.15, 0.2) is 34.9 Å². The van der Waals surface area contributed by atoms with Crippen molar-refractivity contribution in [3.63, 3.8) is 0 Å². The number of hydrogen-bond acceptors (Lipinski definition) is 5. The van der Waals surface area contributed by atoms with E-state index >= 15 is 0 Å². The summed E-state index contributed by atoms with van der Waals surface area (Å²) in [6, 6.07) is 7.11. The fraction of sp³-hybridized carbons (Fsp3) is 0.214. The van der Waals surface area contributed by atoms with Crippen molar-refractivity contribution in [1.82, 2.24) is 4.98 Å². The summed E-state index contributed by atoms with van der Waals surface area (Å²) in [5.41, 5.74) is 7.02. The van der Waals surface area contributed by atoms with Gasteiger partial charge in [-0.05, 0) is 28.1 Å². The van der Waals surface area contributed by atoms with E-state index in [1.54, 1.807) is 38.6 Å². The van der Waals surface area contributed by atoms with E-state index in [1.165, 1.54) is 0 Å². The van der Waals surface area contributed by atoms with Crippen LogP contribution in [0.2, 0.25) is 0 Å². The summed E-state index contributed by atoms with van der Waals surface area (Å²) in [4.78, 5) is 4.25. The Kier molecular flexibility index (Phi) is 4.68. The number of ether oxygens (including phenoxy) is 3. The van der Waals surface area contributed by atoms with Crippen LogP contribution in [-0.4, -0.2) is 19.2 Å². The van der Waals surface area contributed by atoms with Gasteiger partial charge in [0, 0.05) is 24.0 Å². The third kappa shape index (κ3) is 3.14. The van der Waals surface area contributed by atoms with Crippen molar-refractivity contribution in [2.24, 2.45) is 0 Å². The molecule has 0 atom stereocenters. The second-order valence-electron chi connectivity index (χ2n) is 3.97. The maximum Gasteiger partial charge on any atom is 0.185 e. The zero-order valence-corrected chi connectivity index (χ0v) is 12.8. The molecule has 0 aliphatic rings. The minimum absolute atomic E-state index is 0.252. The molecule has 0 bridgehead atoms. The van der Waals surface area contributed by atoms with Gasteiger partial charge >= 0.3 is 0 Å². The Labute approximate surface area is 125 Å². The first-order valence-electron chi connectivity index (χ1n) is 5.89. The molecule has 0 aliphatic carbocycles. The highest BCUT2D eigenvalue weighted by atomic mass is 79.9. The number of anilines is 1. The number of halogens is 1. The van der Waals surface area contributed by atoms with Crippen LogP contribution in [0.3, 0.4) is 0 Å². The second-order valence-corrected chi connectivity index (χ2v) is 4.83. The van der Waals surface area contributed by atoms with Crippen molar-refractivity contribution < 1.29 is 14.2 Å². The van der Waals surface area contributed by atoms with E-state index in [1.807, 2.05) is 6.07 Å². The Morgan fingerprint density at radius 2 is 1.95 bits per heavy atom. The SMILES string of the molecule is COc1ccnc(COc2cc(N)ccc2Br)c1OC. The van der Waals surface area contributed by atoms with E-state index in [0.29, 0.717) is 28.6 Å². The van der Waals surface area contributed by atoms with Crippen LogP contribution in [0.1, 0.15) is 5.69 Å². The number of benzene rings is 1. The van der Waals surface area contributed by atoms with Gasteiger partial charge in [-0.2, -0.15) is 0 Å². The van der Waals surface area contributed by atoms with Gasteiger partial charge < -0.3 is 19.9 Å². The summed E-state index contributed by atoms with van der Waals surface area (Å²) in [6.45, 7) is 0.252. The van der Waals surface area contributed by atoms with Crippen molar-refractivity contribution in [1.29, 1.82) is 0 Å². The lowest BCUT2D eigenvalue weighted by Gasteiger charge is -2.13. The Balaban J connectivity index is 2.20. The van der Waals surface area contributed by atoms with E-state index in [-0.39, 0.29) is 6.61 Å². The average Bonchev–Trinajstić information content (AvgIpc) is 2.47. The van der Waals surface area contributed by atoms with Crippen molar-refractivity contribution >= 4 is 21.6 Å². The molecule has 6 heteroatoms. The Morgan fingerprint density at radius 3 is 2.65 bits per heavy atom. The number of pyridine rings is 1. The Bertz CT molecular complexity index is 605. The van der Waals surface area contributed by atoms with Crippen molar-refractivity contribution in [3.05, 3.63) is 40.6 Å². The van der Waals surface area contributed by atoms with E-state index in [4.69, 9.17) is 19.9 Å². The highest BCUT2D eigenvalue weighted by Crippen LogP contribution is 2.32. The lowest BCUT2D eigenvalue weighted by molar-refractivity contribution is 0.283. The van der Waals surface area contributed by atoms with Gasteiger partial charge in [0.15, 0.2) is 11.5 Å². The number of nitrogen functional groups attached to an aromatic ring is 1. The molecule has 1 aromatic heterocycles. The van der Waals surface area contributed by atoms with Crippen LogP contribution >= 0.6 is 15.9 Å². The molecule has 1 heterocycles. The second kappa shape index (κ2) is 6.47. The first-order chi connectivity index (χ1) is 9.65. The summed E-state index contributed by atoms with van der Waals surface area (Å²) in [5.74, 6) is 1.83. The average molecular weight is 339 g/mol. The van der Waals surface area contributed by atoms with E-state index in [9.17, 15) is 0 Å². The normalized spacial score (nSPS) is 10.2. The molecular weight excluding hydrogens is 324 g/mol. The third-order valence-corrected chi connectivity index (χ3v) is 3.34. The molecule has 5 nitrogen and oxygen atoms in total. The third-order valence-electron chi connectivity index (χ3n) is 2.69. The molecule has 2 N–H and O–H groups in total. The molecule has 1 aromatic carbocycles. The van der Waals surface area contributed by atoms with Gasteiger partial charge in [-0.25, -0.2) is 0 Å². The number of nitrogens with zero attached hydrogens (tertiary/aromatic N) is 1. The molecule has 106 valence electrons. The maximum atomic E-state index is 5.74. The molecular formula is C14H15BrN2O3. The van der Waals surface area contributed by atoms with E-state index < -0.39 is 0 Å². The molecule has 0 fully saturated rings. The Morgan fingerprint density at radius 1 is 1.15 bits per heavy atom. The molecule has 0 aliphatic heterocycles. The highest BCUT2D eigenvalue weighted by molar-refractivity contribution is 9.10. The minimum atomic E-state index is 0.252. The van der Waals surface area contributed by atoms with Crippen LogP contribution in [0.4, 0.5) is 5.69 Å². The topological polar surface area (TPSA) is 66.6 Å². The molecule has 2 aromatic rings. The molecule has 0 unspecified atom stereocenters. The molecule has 0 amide bonds. The largest absolute Gasteiger partial charge is 0.493 e. The van der Waals surface area contributed by atoms with Crippen molar-refractivity contribution in [3.8, 4) is 17.2 Å². The quantitative estimate of drug-likeness (QED) is 0.848. The lowest BCUT2D eigenvalue weighted by Crippen LogP contribution is -2.03. The fourth-order valence-corrected chi connectivity index (χ4v) is 2.09. The first kappa shape index (κ1) is 14.5. The predicted molar refractivity (Wildman–Crippen MR) is 80.2 cm³/mol. The van der Waals surface area contributed by atoms with Crippen molar-refractivity contribution in [2.75, 3.05) is 20.0 Å². The molecule has 0 spiro atoms. The summed E-state index contributed by atoms with van der Waals surface area (Å²) >= 11 is 3.41. The summed E-state index contributed by atoms with van der Waals surface area (Å²) in [5, 5.41) is 0. The van der Waals surface area contributed by atoms with Gasteiger partial charge in [0.25, 0.3) is 0 Å². The number of aromatic nitrogens is 1. The van der Waals surface area contributed by atoms with Crippen LogP contribution in [-0.2, 0) is 6.61 Å².